The minimum Gasteiger partial charge on any atom is -0.473 e. The summed E-state index contributed by atoms with van der Waals surface area (Å²) in [6, 6.07) is 5.78. The molecule has 1 aliphatic rings. The normalized spacial score (nSPS) is 15.8. The Hall–Kier alpha value is -1.30. The van der Waals surface area contributed by atoms with E-state index >= 15 is 0 Å². The van der Waals surface area contributed by atoms with Crippen molar-refractivity contribution < 1.29 is 14.7 Å². The van der Waals surface area contributed by atoms with Crippen molar-refractivity contribution in [2.45, 2.75) is 65.6 Å². The summed E-state index contributed by atoms with van der Waals surface area (Å²) < 4.78 is 6.12. The van der Waals surface area contributed by atoms with Gasteiger partial charge in [0, 0.05) is 24.1 Å². The number of rotatable bonds is 5. The van der Waals surface area contributed by atoms with Crippen LogP contribution in [0.4, 0.5) is 5.69 Å². The Morgan fingerprint density at radius 3 is 2.50 bits per heavy atom. The number of benzene rings is 1. The number of anilines is 1. The maximum atomic E-state index is 12.1. The lowest BCUT2D eigenvalue weighted by Gasteiger charge is -2.37. The lowest BCUT2D eigenvalue weighted by atomic mass is 10.00. The fourth-order valence-electron chi connectivity index (χ4n) is 2.90. The molecule has 1 aromatic rings. The molecule has 0 aromatic heterocycles. The van der Waals surface area contributed by atoms with Gasteiger partial charge < -0.3 is 14.8 Å². The van der Waals surface area contributed by atoms with E-state index in [1.54, 1.807) is 4.90 Å². The fraction of sp³-hybridized carbons (Fsp3) is 0.611. The molecule has 0 radical (unpaired) electrons. The van der Waals surface area contributed by atoms with E-state index in [2.05, 4.69) is 0 Å². The summed E-state index contributed by atoms with van der Waals surface area (Å²) in [4.78, 5) is 13.9. The van der Waals surface area contributed by atoms with Crippen LogP contribution in [0.5, 0.6) is 5.75 Å². The molecule has 1 N–H and O–H groups in total. The first-order valence-corrected chi connectivity index (χ1v) is 8.36. The minimum atomic E-state index is -0.422. The highest BCUT2D eigenvalue weighted by atomic mass is 35.5. The zero-order chi connectivity index (χ0) is 17.2. The van der Waals surface area contributed by atoms with E-state index in [0.29, 0.717) is 25.8 Å². The number of ether oxygens (including phenoxy) is 1. The van der Waals surface area contributed by atoms with E-state index in [-0.39, 0.29) is 18.3 Å². The summed E-state index contributed by atoms with van der Waals surface area (Å²) in [7, 11) is 0. The summed E-state index contributed by atoms with van der Waals surface area (Å²) in [6.45, 7) is 10.4. The molecule has 5 nitrogen and oxygen atoms in total. The third-order valence-electron chi connectivity index (χ3n) is 4.18. The molecule has 6 heteroatoms. The van der Waals surface area contributed by atoms with Crippen molar-refractivity contribution >= 4 is 24.0 Å². The van der Waals surface area contributed by atoms with Gasteiger partial charge in [-0.3, -0.25) is 4.79 Å². The second kappa shape index (κ2) is 8.19. The first-order chi connectivity index (χ1) is 10.8. The van der Waals surface area contributed by atoms with Crippen molar-refractivity contribution in [1.29, 1.82) is 0 Å². The van der Waals surface area contributed by atoms with Crippen molar-refractivity contribution in [3.8, 4) is 5.75 Å². The summed E-state index contributed by atoms with van der Waals surface area (Å²) in [5.74, 6) is 0.909. The Labute approximate surface area is 151 Å². The van der Waals surface area contributed by atoms with Crippen molar-refractivity contribution in [3.63, 3.8) is 0 Å². The highest BCUT2D eigenvalue weighted by Gasteiger charge is 2.30. The molecule has 1 amide bonds. The zero-order valence-corrected chi connectivity index (χ0v) is 16.0. The number of amides is 1. The minimum absolute atomic E-state index is 0. The van der Waals surface area contributed by atoms with Gasteiger partial charge in [0.1, 0.15) is 5.75 Å². The van der Waals surface area contributed by atoms with Gasteiger partial charge in [0.25, 0.3) is 0 Å². The topological polar surface area (TPSA) is 53.0 Å². The predicted octanol–water partition coefficient (Wildman–Crippen LogP) is 4.01. The van der Waals surface area contributed by atoms with E-state index in [1.165, 1.54) is 5.06 Å². The summed E-state index contributed by atoms with van der Waals surface area (Å²) in [5.41, 5.74) is 1.58. The van der Waals surface area contributed by atoms with E-state index in [0.717, 1.165) is 17.0 Å². The number of halogens is 1. The number of fused-ring (bicyclic) bond motifs is 1. The average molecular weight is 357 g/mol. The molecule has 24 heavy (non-hydrogen) atoms. The Balaban J connectivity index is 0.00000288. The van der Waals surface area contributed by atoms with Crippen LogP contribution in [-0.2, 0) is 11.2 Å². The number of nitrogens with zero attached hydrogens (tertiary/aromatic N) is 2. The van der Waals surface area contributed by atoms with Crippen molar-refractivity contribution in [2.75, 3.05) is 11.4 Å². The van der Waals surface area contributed by atoms with Crippen molar-refractivity contribution in [3.05, 3.63) is 23.8 Å². The van der Waals surface area contributed by atoms with Crippen LogP contribution in [0.1, 0.15) is 53.0 Å². The van der Waals surface area contributed by atoms with Gasteiger partial charge in [0.05, 0.1) is 5.69 Å². The van der Waals surface area contributed by atoms with Gasteiger partial charge in [0.2, 0.25) is 5.91 Å². The maximum Gasteiger partial charge on any atom is 0.227 e. The third kappa shape index (κ3) is 4.21. The molecular weight excluding hydrogens is 328 g/mol. The SMILES string of the molecule is CCC(Oc1cccc2c1CCC(=O)N2CC)N(O)C(C)(C)C.Cl. The fourth-order valence-corrected chi connectivity index (χ4v) is 2.90. The molecule has 1 aliphatic heterocycles. The first-order valence-electron chi connectivity index (χ1n) is 8.36. The molecule has 0 saturated carbocycles. The van der Waals surface area contributed by atoms with Crippen LogP contribution in [0.15, 0.2) is 18.2 Å². The molecule has 1 heterocycles. The molecule has 1 aromatic carbocycles. The summed E-state index contributed by atoms with van der Waals surface area (Å²) in [5, 5.41) is 11.7. The van der Waals surface area contributed by atoms with Gasteiger partial charge in [-0.1, -0.05) is 13.0 Å². The van der Waals surface area contributed by atoms with Gasteiger partial charge in [-0.05, 0) is 52.7 Å². The van der Waals surface area contributed by atoms with E-state index < -0.39 is 11.8 Å². The van der Waals surface area contributed by atoms with Crippen LogP contribution in [0.3, 0.4) is 0 Å². The molecule has 1 unspecified atom stereocenters. The molecule has 136 valence electrons. The molecule has 0 fully saturated rings. The van der Waals surface area contributed by atoms with Gasteiger partial charge in [-0.25, -0.2) is 0 Å². The van der Waals surface area contributed by atoms with Crippen LogP contribution in [0, 0.1) is 0 Å². The smallest absolute Gasteiger partial charge is 0.227 e. The standard InChI is InChI=1S/C18H28N2O3.ClH/c1-6-17(20(22)18(3,4)5)23-15-10-8-9-14-13(15)11-12-16(21)19(14)7-2;/h8-10,17,22H,6-7,11-12H2,1-5H3;1H. The maximum absolute atomic E-state index is 12.1. The number of hydrogen-bond donors (Lipinski definition) is 1. The number of carbonyl (C=O) groups excluding carboxylic acids is 1. The van der Waals surface area contributed by atoms with Crippen LogP contribution in [0.25, 0.3) is 0 Å². The number of hydroxylamine groups is 2. The molecule has 0 saturated heterocycles. The van der Waals surface area contributed by atoms with Gasteiger partial charge in [0.15, 0.2) is 6.23 Å². The average Bonchev–Trinajstić information content (AvgIpc) is 2.50. The van der Waals surface area contributed by atoms with Gasteiger partial charge in [-0.2, -0.15) is 0 Å². The van der Waals surface area contributed by atoms with E-state index in [1.807, 2.05) is 52.8 Å². The molecular formula is C18H29ClN2O3. The Kier molecular flexibility index (Phi) is 7.08. The third-order valence-corrected chi connectivity index (χ3v) is 4.18. The highest BCUT2D eigenvalue weighted by Crippen LogP contribution is 2.35. The second-order valence-electron chi connectivity index (χ2n) is 6.89. The summed E-state index contributed by atoms with van der Waals surface area (Å²) >= 11 is 0. The zero-order valence-electron chi connectivity index (χ0n) is 15.2. The highest BCUT2D eigenvalue weighted by molar-refractivity contribution is 5.96. The van der Waals surface area contributed by atoms with Crippen molar-refractivity contribution in [1.82, 2.24) is 5.06 Å². The van der Waals surface area contributed by atoms with E-state index in [4.69, 9.17) is 4.74 Å². The van der Waals surface area contributed by atoms with Crippen LogP contribution >= 0.6 is 12.4 Å². The van der Waals surface area contributed by atoms with E-state index in [9.17, 15) is 10.0 Å². The number of carbonyl (C=O) groups is 1. The molecule has 0 spiro atoms. The molecule has 0 bridgehead atoms. The molecule has 0 aliphatic carbocycles. The largest absolute Gasteiger partial charge is 0.473 e. The van der Waals surface area contributed by atoms with Gasteiger partial charge in [-0.15, -0.1) is 17.5 Å². The summed E-state index contributed by atoms with van der Waals surface area (Å²) in [6.07, 6.45) is 1.42. The van der Waals surface area contributed by atoms with Crippen LogP contribution in [-0.4, -0.2) is 34.5 Å². The molecule has 2 rings (SSSR count). The lowest BCUT2D eigenvalue weighted by molar-refractivity contribution is -0.235. The Bertz CT molecular complexity index is 572. The number of hydrogen-bond acceptors (Lipinski definition) is 4. The monoisotopic (exact) mass is 356 g/mol. The second-order valence-corrected chi connectivity index (χ2v) is 6.89. The predicted molar refractivity (Wildman–Crippen MR) is 98.1 cm³/mol. The Morgan fingerprint density at radius 1 is 1.29 bits per heavy atom. The quantitative estimate of drug-likeness (QED) is 0.639. The van der Waals surface area contributed by atoms with Crippen LogP contribution in [0.2, 0.25) is 0 Å². The Morgan fingerprint density at radius 2 is 1.96 bits per heavy atom. The van der Waals surface area contributed by atoms with Crippen molar-refractivity contribution in [2.24, 2.45) is 0 Å². The first kappa shape index (κ1) is 20.7. The van der Waals surface area contributed by atoms with Gasteiger partial charge >= 0.3 is 0 Å². The van der Waals surface area contributed by atoms with Crippen LogP contribution < -0.4 is 9.64 Å². The lowest BCUT2D eigenvalue weighted by Crippen LogP contribution is -2.48. The molecule has 1 atom stereocenters.